The summed E-state index contributed by atoms with van der Waals surface area (Å²) in [6, 6.07) is 5.25. The lowest BCUT2D eigenvalue weighted by Gasteiger charge is -2.07. The van der Waals surface area contributed by atoms with Crippen LogP contribution in [0.2, 0.25) is 0 Å². The fraction of sp³-hybridized carbons (Fsp3) is 0.167. The quantitative estimate of drug-likeness (QED) is 0.836. The third kappa shape index (κ3) is 2.53. The normalized spacial score (nSPS) is 10.4. The standard InChI is InChI=1S/C12H13BrN4O/c1-7-9(6-17(2)16-7)12(18)15-11-5-8(14)3-4-10(11)13/h3-6H,14H2,1-2H3,(H,15,18). The number of hydrogen-bond acceptors (Lipinski definition) is 3. The van der Waals surface area contributed by atoms with E-state index in [1.165, 1.54) is 0 Å². The Labute approximate surface area is 113 Å². The number of aromatic nitrogens is 2. The number of carbonyl (C=O) groups excluding carboxylic acids is 1. The maximum atomic E-state index is 12.1. The van der Waals surface area contributed by atoms with E-state index in [1.807, 2.05) is 0 Å². The molecule has 18 heavy (non-hydrogen) atoms. The lowest BCUT2D eigenvalue weighted by atomic mass is 10.2. The largest absolute Gasteiger partial charge is 0.399 e. The first kappa shape index (κ1) is 12.6. The monoisotopic (exact) mass is 308 g/mol. The molecular formula is C12H13BrN4O. The van der Waals surface area contributed by atoms with Crippen LogP contribution in [0, 0.1) is 6.92 Å². The zero-order valence-corrected chi connectivity index (χ0v) is 11.7. The molecule has 3 N–H and O–H groups in total. The maximum Gasteiger partial charge on any atom is 0.259 e. The summed E-state index contributed by atoms with van der Waals surface area (Å²) >= 11 is 3.36. The SMILES string of the molecule is Cc1nn(C)cc1C(=O)Nc1cc(N)ccc1Br. The summed E-state index contributed by atoms with van der Waals surface area (Å²) in [4.78, 5) is 12.1. The molecule has 0 aliphatic carbocycles. The fourth-order valence-electron chi connectivity index (χ4n) is 1.65. The second-order valence-electron chi connectivity index (χ2n) is 4.00. The van der Waals surface area contributed by atoms with Gasteiger partial charge in [0.15, 0.2) is 0 Å². The average Bonchev–Trinajstić information content (AvgIpc) is 2.63. The molecule has 2 rings (SSSR count). The number of nitrogens with one attached hydrogen (secondary N) is 1. The number of anilines is 2. The fourth-order valence-corrected chi connectivity index (χ4v) is 2.00. The Morgan fingerprint density at radius 1 is 1.50 bits per heavy atom. The summed E-state index contributed by atoms with van der Waals surface area (Å²) in [5, 5.41) is 6.94. The van der Waals surface area contributed by atoms with Gasteiger partial charge in [0.05, 0.1) is 16.9 Å². The minimum Gasteiger partial charge on any atom is -0.399 e. The number of rotatable bonds is 2. The molecule has 0 bridgehead atoms. The highest BCUT2D eigenvalue weighted by Crippen LogP contribution is 2.25. The smallest absolute Gasteiger partial charge is 0.259 e. The molecular weight excluding hydrogens is 296 g/mol. The van der Waals surface area contributed by atoms with E-state index in [0.29, 0.717) is 22.6 Å². The molecule has 0 radical (unpaired) electrons. The molecule has 0 spiro atoms. The van der Waals surface area contributed by atoms with E-state index in [-0.39, 0.29) is 5.91 Å². The molecule has 0 unspecified atom stereocenters. The zero-order valence-electron chi connectivity index (χ0n) is 10.1. The molecule has 1 aromatic carbocycles. The van der Waals surface area contributed by atoms with Gasteiger partial charge in [0.25, 0.3) is 5.91 Å². The number of halogens is 1. The molecule has 0 fully saturated rings. The van der Waals surface area contributed by atoms with Crippen molar-refractivity contribution in [2.45, 2.75) is 6.92 Å². The van der Waals surface area contributed by atoms with Crippen molar-refractivity contribution in [1.82, 2.24) is 9.78 Å². The van der Waals surface area contributed by atoms with Gasteiger partial charge in [-0.05, 0) is 41.1 Å². The third-order valence-corrected chi connectivity index (χ3v) is 3.19. The summed E-state index contributed by atoms with van der Waals surface area (Å²) in [7, 11) is 1.78. The van der Waals surface area contributed by atoms with Crippen LogP contribution in [0.25, 0.3) is 0 Å². The van der Waals surface area contributed by atoms with Gasteiger partial charge in [0.1, 0.15) is 0 Å². The van der Waals surface area contributed by atoms with Crippen molar-refractivity contribution in [2.24, 2.45) is 7.05 Å². The van der Waals surface area contributed by atoms with Crippen LogP contribution in [-0.4, -0.2) is 15.7 Å². The number of hydrogen-bond donors (Lipinski definition) is 2. The molecule has 1 heterocycles. The van der Waals surface area contributed by atoms with Gasteiger partial charge in [-0.25, -0.2) is 0 Å². The van der Waals surface area contributed by atoms with Crippen molar-refractivity contribution >= 4 is 33.2 Å². The van der Waals surface area contributed by atoms with Crippen molar-refractivity contribution in [1.29, 1.82) is 0 Å². The van der Waals surface area contributed by atoms with E-state index < -0.39 is 0 Å². The Morgan fingerprint density at radius 3 is 2.83 bits per heavy atom. The van der Waals surface area contributed by atoms with Crippen LogP contribution in [0.5, 0.6) is 0 Å². The Kier molecular flexibility index (Phi) is 3.38. The summed E-state index contributed by atoms with van der Waals surface area (Å²) in [5.74, 6) is -0.202. The molecule has 6 heteroatoms. The van der Waals surface area contributed by atoms with Gasteiger partial charge in [0, 0.05) is 23.4 Å². The van der Waals surface area contributed by atoms with Gasteiger partial charge < -0.3 is 11.1 Å². The maximum absolute atomic E-state index is 12.1. The lowest BCUT2D eigenvalue weighted by Crippen LogP contribution is -2.13. The first-order valence-electron chi connectivity index (χ1n) is 5.34. The van der Waals surface area contributed by atoms with Crippen LogP contribution in [0.3, 0.4) is 0 Å². The Morgan fingerprint density at radius 2 is 2.22 bits per heavy atom. The van der Waals surface area contributed by atoms with E-state index in [1.54, 1.807) is 43.0 Å². The predicted octanol–water partition coefficient (Wildman–Crippen LogP) is 2.33. The van der Waals surface area contributed by atoms with E-state index in [2.05, 4.69) is 26.3 Å². The summed E-state index contributed by atoms with van der Waals surface area (Å²) in [6.07, 6.45) is 1.69. The molecule has 1 amide bonds. The van der Waals surface area contributed by atoms with E-state index in [4.69, 9.17) is 5.73 Å². The van der Waals surface area contributed by atoms with Gasteiger partial charge in [-0.2, -0.15) is 5.10 Å². The second kappa shape index (κ2) is 4.81. The van der Waals surface area contributed by atoms with Crippen LogP contribution in [-0.2, 0) is 7.05 Å². The lowest BCUT2D eigenvalue weighted by molar-refractivity contribution is 0.102. The minimum absolute atomic E-state index is 0.202. The number of amides is 1. The van der Waals surface area contributed by atoms with E-state index in [0.717, 1.165) is 4.47 Å². The number of nitrogen functional groups attached to an aromatic ring is 1. The Balaban J connectivity index is 2.26. The van der Waals surface area contributed by atoms with Crippen molar-refractivity contribution in [2.75, 3.05) is 11.1 Å². The molecule has 0 saturated heterocycles. The highest BCUT2D eigenvalue weighted by molar-refractivity contribution is 9.10. The van der Waals surface area contributed by atoms with Crippen LogP contribution >= 0.6 is 15.9 Å². The Hall–Kier alpha value is -1.82. The third-order valence-electron chi connectivity index (χ3n) is 2.50. The van der Waals surface area contributed by atoms with Crippen molar-refractivity contribution in [3.05, 3.63) is 40.1 Å². The van der Waals surface area contributed by atoms with Crippen LogP contribution < -0.4 is 11.1 Å². The van der Waals surface area contributed by atoms with Gasteiger partial charge in [-0.3, -0.25) is 9.48 Å². The molecule has 0 aliphatic heterocycles. The molecule has 5 nitrogen and oxygen atoms in total. The summed E-state index contributed by atoms with van der Waals surface area (Å²) < 4.78 is 2.39. The van der Waals surface area contributed by atoms with E-state index >= 15 is 0 Å². The average molecular weight is 309 g/mol. The molecule has 2 aromatic rings. The molecule has 94 valence electrons. The first-order valence-corrected chi connectivity index (χ1v) is 6.13. The molecule has 0 atom stereocenters. The number of benzene rings is 1. The number of nitrogens with two attached hydrogens (primary N) is 1. The van der Waals surface area contributed by atoms with Crippen molar-refractivity contribution < 1.29 is 4.79 Å². The van der Waals surface area contributed by atoms with Gasteiger partial charge in [0.2, 0.25) is 0 Å². The minimum atomic E-state index is -0.202. The van der Waals surface area contributed by atoms with Crippen molar-refractivity contribution in [3.8, 4) is 0 Å². The number of carbonyl (C=O) groups is 1. The van der Waals surface area contributed by atoms with E-state index in [9.17, 15) is 4.79 Å². The highest BCUT2D eigenvalue weighted by Gasteiger charge is 2.13. The second-order valence-corrected chi connectivity index (χ2v) is 4.85. The summed E-state index contributed by atoms with van der Waals surface area (Å²) in [5.41, 5.74) is 8.16. The van der Waals surface area contributed by atoms with Gasteiger partial charge in [-0.1, -0.05) is 0 Å². The Bertz CT molecular complexity index is 606. The number of nitrogens with zero attached hydrogens (tertiary/aromatic N) is 2. The van der Waals surface area contributed by atoms with Crippen LogP contribution in [0.4, 0.5) is 11.4 Å². The molecule has 0 saturated carbocycles. The van der Waals surface area contributed by atoms with Crippen molar-refractivity contribution in [3.63, 3.8) is 0 Å². The zero-order chi connectivity index (χ0) is 13.3. The molecule has 1 aromatic heterocycles. The van der Waals surface area contributed by atoms with Gasteiger partial charge in [-0.15, -0.1) is 0 Å². The molecule has 0 aliphatic rings. The summed E-state index contributed by atoms with van der Waals surface area (Å²) in [6.45, 7) is 1.79. The topological polar surface area (TPSA) is 72.9 Å². The number of aryl methyl sites for hydroxylation is 2. The van der Waals surface area contributed by atoms with Crippen LogP contribution in [0.1, 0.15) is 16.1 Å². The predicted molar refractivity (Wildman–Crippen MR) is 74.5 cm³/mol. The highest BCUT2D eigenvalue weighted by atomic mass is 79.9. The first-order chi connectivity index (χ1) is 8.47. The van der Waals surface area contributed by atoms with Crippen LogP contribution in [0.15, 0.2) is 28.9 Å². The van der Waals surface area contributed by atoms with Gasteiger partial charge >= 0.3 is 0 Å².